The van der Waals surface area contributed by atoms with Gasteiger partial charge in [0.1, 0.15) is 12.4 Å². The number of carbonyl (C=O) groups is 1. The minimum absolute atomic E-state index is 0.186. The molecular weight excluding hydrogens is 315 g/mol. The van der Waals surface area contributed by atoms with Crippen LogP contribution in [0.5, 0.6) is 0 Å². The molecule has 3 nitrogen and oxygen atoms in total. The Labute approximate surface area is 149 Å². The molecule has 0 unspecified atom stereocenters. The summed E-state index contributed by atoms with van der Waals surface area (Å²) in [5.74, 6) is -0.496. The van der Waals surface area contributed by atoms with Gasteiger partial charge in [-0.25, -0.2) is 4.39 Å². The van der Waals surface area contributed by atoms with Crippen molar-refractivity contribution in [1.82, 2.24) is 5.32 Å². The summed E-state index contributed by atoms with van der Waals surface area (Å²) in [6.07, 6.45) is 3.05. The van der Waals surface area contributed by atoms with Gasteiger partial charge in [0, 0.05) is 18.2 Å². The van der Waals surface area contributed by atoms with Crippen molar-refractivity contribution < 1.29 is 14.1 Å². The van der Waals surface area contributed by atoms with Gasteiger partial charge < -0.3 is 10.2 Å². The van der Waals surface area contributed by atoms with Crippen LogP contribution in [0.1, 0.15) is 30.5 Å². The Balaban J connectivity index is 1.95. The Morgan fingerprint density at radius 2 is 1.80 bits per heavy atom. The van der Waals surface area contributed by atoms with Gasteiger partial charge in [-0.1, -0.05) is 36.4 Å². The second-order valence-electron chi connectivity index (χ2n) is 6.01. The smallest absolute Gasteiger partial charge is 0.244 e. The van der Waals surface area contributed by atoms with Gasteiger partial charge in [-0.2, -0.15) is 0 Å². The van der Waals surface area contributed by atoms with Gasteiger partial charge >= 0.3 is 0 Å². The van der Waals surface area contributed by atoms with E-state index in [-0.39, 0.29) is 11.7 Å². The molecule has 2 rings (SSSR count). The van der Waals surface area contributed by atoms with E-state index < -0.39 is 0 Å². The number of rotatable bonds is 8. The summed E-state index contributed by atoms with van der Waals surface area (Å²) in [5, 5.41) is 2.90. The number of halogens is 1. The van der Waals surface area contributed by atoms with Gasteiger partial charge in [0.2, 0.25) is 5.91 Å². The van der Waals surface area contributed by atoms with Gasteiger partial charge in [-0.3, -0.25) is 4.79 Å². The number of nitrogens with one attached hydrogen (secondary N) is 2. The number of benzene rings is 2. The molecule has 2 aromatic rings. The number of quaternary nitrogens is 1. The Hall–Kier alpha value is -2.46. The van der Waals surface area contributed by atoms with Crippen molar-refractivity contribution >= 4 is 12.0 Å². The highest BCUT2D eigenvalue weighted by Gasteiger charge is 2.09. The third-order valence-electron chi connectivity index (χ3n) is 4.29. The summed E-state index contributed by atoms with van der Waals surface area (Å²) in [7, 11) is 0. The van der Waals surface area contributed by atoms with E-state index in [1.54, 1.807) is 18.2 Å². The first-order valence-electron chi connectivity index (χ1n) is 8.74. The zero-order valence-electron chi connectivity index (χ0n) is 14.9. The molecule has 0 radical (unpaired) electrons. The first kappa shape index (κ1) is 18.9. The summed E-state index contributed by atoms with van der Waals surface area (Å²) in [4.78, 5) is 13.5. The maximum Gasteiger partial charge on any atom is 0.244 e. The number of hydrogen-bond acceptors (Lipinski definition) is 1. The largest absolute Gasteiger partial charge is 0.348 e. The van der Waals surface area contributed by atoms with Crippen LogP contribution in [0, 0.1) is 5.82 Å². The third kappa shape index (κ3) is 6.16. The average molecular weight is 341 g/mol. The van der Waals surface area contributed by atoms with Crippen molar-refractivity contribution in [2.24, 2.45) is 0 Å². The Morgan fingerprint density at radius 1 is 1.08 bits per heavy atom. The summed E-state index contributed by atoms with van der Waals surface area (Å²) in [6, 6.07) is 14.4. The highest BCUT2D eigenvalue weighted by Crippen LogP contribution is 2.08. The van der Waals surface area contributed by atoms with Gasteiger partial charge in [0.25, 0.3) is 0 Å². The zero-order chi connectivity index (χ0) is 18.1. The molecule has 0 aliphatic rings. The predicted octanol–water partition coefficient (Wildman–Crippen LogP) is 2.58. The summed E-state index contributed by atoms with van der Waals surface area (Å²) in [5.41, 5.74) is 3.06. The number of carbonyl (C=O) groups excluding carboxylic acids is 1. The molecule has 25 heavy (non-hydrogen) atoms. The Bertz CT molecular complexity index is 723. The Morgan fingerprint density at radius 3 is 2.48 bits per heavy atom. The van der Waals surface area contributed by atoms with Crippen molar-refractivity contribution in [3.05, 3.63) is 77.1 Å². The Kier molecular flexibility index (Phi) is 7.36. The molecule has 0 spiro atoms. The topological polar surface area (TPSA) is 33.5 Å². The lowest BCUT2D eigenvalue weighted by molar-refractivity contribution is -0.910. The standard InChI is InChI=1S/C21H25FN2O/c1-3-24(4-2)16-19-10-6-5-9-18(19)15-23-21(25)13-12-17-8-7-11-20(22)14-17/h5-14H,3-4,15-16H2,1-2H3,(H,23,25)/p+1/b13-12+. The molecule has 132 valence electrons. The van der Waals surface area contributed by atoms with Crippen molar-refractivity contribution in [3.8, 4) is 0 Å². The van der Waals surface area contributed by atoms with Gasteiger partial charge in [-0.05, 0) is 43.2 Å². The number of hydrogen-bond donors (Lipinski definition) is 2. The molecule has 1 amide bonds. The van der Waals surface area contributed by atoms with Gasteiger partial charge in [0.15, 0.2) is 0 Å². The second kappa shape index (κ2) is 9.74. The van der Waals surface area contributed by atoms with E-state index in [9.17, 15) is 9.18 Å². The maximum atomic E-state index is 13.1. The molecule has 0 aliphatic heterocycles. The minimum atomic E-state index is -0.310. The van der Waals surface area contributed by atoms with E-state index >= 15 is 0 Å². The van der Waals surface area contributed by atoms with E-state index in [0.29, 0.717) is 12.1 Å². The normalized spacial score (nSPS) is 11.2. The van der Waals surface area contributed by atoms with Crippen molar-refractivity contribution in [2.75, 3.05) is 13.1 Å². The monoisotopic (exact) mass is 341 g/mol. The second-order valence-corrected chi connectivity index (χ2v) is 6.01. The van der Waals surface area contributed by atoms with Crippen LogP contribution < -0.4 is 10.2 Å². The number of amides is 1. The molecule has 0 aliphatic carbocycles. The van der Waals surface area contributed by atoms with E-state index in [1.165, 1.54) is 28.7 Å². The SMILES string of the molecule is CC[NH+](CC)Cc1ccccc1CNC(=O)/C=C/c1cccc(F)c1. The fourth-order valence-corrected chi connectivity index (χ4v) is 2.70. The van der Waals surface area contributed by atoms with Crippen molar-refractivity contribution in [1.29, 1.82) is 0 Å². The summed E-state index contributed by atoms with van der Waals surface area (Å²) in [6.45, 7) is 7.96. The van der Waals surface area contributed by atoms with Gasteiger partial charge in [0.05, 0.1) is 13.1 Å². The molecule has 0 bridgehead atoms. The maximum absolute atomic E-state index is 13.1. The van der Waals surface area contributed by atoms with Crippen LogP contribution >= 0.6 is 0 Å². The molecule has 0 atom stereocenters. The highest BCUT2D eigenvalue weighted by molar-refractivity contribution is 5.91. The quantitative estimate of drug-likeness (QED) is 0.711. The van der Waals surface area contributed by atoms with Crippen LogP contribution in [0.25, 0.3) is 6.08 Å². The van der Waals surface area contributed by atoms with E-state index in [0.717, 1.165) is 25.2 Å². The lowest BCUT2D eigenvalue weighted by Gasteiger charge is -2.17. The van der Waals surface area contributed by atoms with Crippen LogP contribution in [0.15, 0.2) is 54.6 Å². The third-order valence-corrected chi connectivity index (χ3v) is 4.29. The van der Waals surface area contributed by atoms with Crippen molar-refractivity contribution in [3.63, 3.8) is 0 Å². The molecular formula is C21H26FN2O+. The summed E-state index contributed by atoms with van der Waals surface area (Å²) < 4.78 is 13.1. The first-order chi connectivity index (χ1) is 12.1. The molecule has 0 heterocycles. The molecule has 0 saturated heterocycles. The molecule has 0 saturated carbocycles. The molecule has 2 aromatic carbocycles. The van der Waals surface area contributed by atoms with Crippen LogP contribution in [0.2, 0.25) is 0 Å². The average Bonchev–Trinajstić information content (AvgIpc) is 2.63. The van der Waals surface area contributed by atoms with Crippen LogP contribution in [-0.2, 0) is 17.9 Å². The van der Waals surface area contributed by atoms with Crippen molar-refractivity contribution in [2.45, 2.75) is 26.9 Å². The first-order valence-corrected chi connectivity index (χ1v) is 8.74. The lowest BCUT2D eigenvalue weighted by Crippen LogP contribution is -3.10. The molecule has 0 fully saturated rings. The minimum Gasteiger partial charge on any atom is -0.348 e. The van der Waals surface area contributed by atoms with E-state index in [4.69, 9.17) is 0 Å². The molecule has 2 N–H and O–H groups in total. The predicted molar refractivity (Wildman–Crippen MR) is 99.5 cm³/mol. The van der Waals surface area contributed by atoms with E-state index in [2.05, 4.69) is 31.3 Å². The fourth-order valence-electron chi connectivity index (χ4n) is 2.70. The van der Waals surface area contributed by atoms with Crippen LogP contribution in [0.3, 0.4) is 0 Å². The zero-order valence-corrected chi connectivity index (χ0v) is 14.9. The summed E-state index contributed by atoms with van der Waals surface area (Å²) >= 11 is 0. The van der Waals surface area contributed by atoms with Crippen LogP contribution in [0.4, 0.5) is 4.39 Å². The lowest BCUT2D eigenvalue weighted by atomic mass is 10.1. The van der Waals surface area contributed by atoms with Gasteiger partial charge in [-0.15, -0.1) is 0 Å². The molecule has 4 heteroatoms. The van der Waals surface area contributed by atoms with E-state index in [1.807, 2.05) is 12.1 Å². The highest BCUT2D eigenvalue weighted by atomic mass is 19.1. The fraction of sp³-hybridized carbons (Fsp3) is 0.286. The molecule has 0 aromatic heterocycles. The van der Waals surface area contributed by atoms with Crippen LogP contribution in [-0.4, -0.2) is 19.0 Å².